The standard InChI is InChI=1S/C24H19Cl2N3O5/c1-33-22-15(11-16(25)23(34-2)18(22)26)20(30)17-19(14-5-9-28-10-6-14)29(24(32)21(17)31)12-13-3-7-27-8-4-13/h3-11,19,30H,12H2,1-2H3/b20-17+. The molecule has 0 saturated carbocycles. The van der Waals surface area contributed by atoms with Crippen LogP contribution < -0.4 is 9.47 Å². The zero-order valence-corrected chi connectivity index (χ0v) is 19.7. The normalized spacial score (nSPS) is 17.2. The molecule has 0 radical (unpaired) electrons. The van der Waals surface area contributed by atoms with E-state index in [2.05, 4.69) is 9.97 Å². The highest BCUT2D eigenvalue weighted by atomic mass is 35.5. The van der Waals surface area contributed by atoms with Crippen molar-refractivity contribution in [2.75, 3.05) is 14.2 Å². The molecule has 1 aliphatic rings. The van der Waals surface area contributed by atoms with E-state index in [9.17, 15) is 14.7 Å². The largest absolute Gasteiger partial charge is 0.507 e. The Morgan fingerprint density at radius 3 is 2.18 bits per heavy atom. The third kappa shape index (κ3) is 4.06. The van der Waals surface area contributed by atoms with Gasteiger partial charge in [0.25, 0.3) is 11.7 Å². The van der Waals surface area contributed by atoms with Gasteiger partial charge in [0.2, 0.25) is 0 Å². The van der Waals surface area contributed by atoms with Crippen LogP contribution >= 0.6 is 23.2 Å². The van der Waals surface area contributed by atoms with Crippen molar-refractivity contribution in [3.8, 4) is 11.5 Å². The van der Waals surface area contributed by atoms with E-state index in [0.717, 1.165) is 5.56 Å². The third-order valence-corrected chi connectivity index (χ3v) is 6.08. The number of halogens is 2. The van der Waals surface area contributed by atoms with Gasteiger partial charge in [0, 0.05) is 31.3 Å². The number of ketones is 1. The molecule has 1 aromatic carbocycles. The summed E-state index contributed by atoms with van der Waals surface area (Å²) >= 11 is 12.7. The van der Waals surface area contributed by atoms with E-state index < -0.39 is 23.5 Å². The minimum absolute atomic E-state index is 0.0190. The summed E-state index contributed by atoms with van der Waals surface area (Å²) < 4.78 is 10.6. The molecule has 0 spiro atoms. The first-order valence-corrected chi connectivity index (χ1v) is 10.8. The van der Waals surface area contributed by atoms with Gasteiger partial charge in [-0.25, -0.2) is 0 Å². The van der Waals surface area contributed by atoms with E-state index in [1.807, 2.05) is 0 Å². The van der Waals surface area contributed by atoms with Crippen molar-refractivity contribution in [3.63, 3.8) is 0 Å². The predicted octanol–water partition coefficient (Wildman–Crippen LogP) is 4.42. The van der Waals surface area contributed by atoms with Crippen LogP contribution in [0.4, 0.5) is 0 Å². The lowest BCUT2D eigenvalue weighted by molar-refractivity contribution is -0.140. The quantitative estimate of drug-likeness (QED) is 0.304. The number of rotatable bonds is 6. The Kier molecular flexibility index (Phi) is 6.72. The van der Waals surface area contributed by atoms with Crippen molar-refractivity contribution in [3.05, 3.63) is 87.4 Å². The number of pyridine rings is 2. The van der Waals surface area contributed by atoms with Crippen molar-refractivity contribution in [1.29, 1.82) is 0 Å². The molecule has 4 rings (SSSR count). The molecule has 1 N–H and O–H groups in total. The van der Waals surface area contributed by atoms with Crippen LogP contribution in [0.25, 0.3) is 5.76 Å². The molecule has 0 aliphatic carbocycles. The fourth-order valence-electron chi connectivity index (χ4n) is 3.91. The Labute approximate surface area is 205 Å². The van der Waals surface area contributed by atoms with Gasteiger partial charge in [0.05, 0.1) is 36.4 Å². The van der Waals surface area contributed by atoms with E-state index in [1.165, 1.54) is 25.2 Å². The predicted molar refractivity (Wildman–Crippen MR) is 126 cm³/mol. The Morgan fingerprint density at radius 1 is 1.00 bits per heavy atom. The third-order valence-electron chi connectivity index (χ3n) is 5.46. The molecule has 34 heavy (non-hydrogen) atoms. The van der Waals surface area contributed by atoms with Gasteiger partial charge in [-0.3, -0.25) is 19.6 Å². The average Bonchev–Trinajstić information content (AvgIpc) is 3.09. The Morgan fingerprint density at radius 2 is 1.59 bits per heavy atom. The minimum Gasteiger partial charge on any atom is -0.507 e. The first kappa shape index (κ1) is 23.5. The second-order valence-electron chi connectivity index (χ2n) is 7.35. The summed E-state index contributed by atoms with van der Waals surface area (Å²) in [4.78, 5) is 35.7. The van der Waals surface area contributed by atoms with Crippen LogP contribution in [-0.2, 0) is 16.1 Å². The number of aromatic nitrogens is 2. The number of carbonyl (C=O) groups excluding carboxylic acids is 2. The van der Waals surface area contributed by atoms with Crippen LogP contribution in [-0.4, -0.2) is 45.9 Å². The summed E-state index contributed by atoms with van der Waals surface area (Å²) in [6.07, 6.45) is 6.28. The van der Waals surface area contributed by atoms with E-state index in [0.29, 0.717) is 5.56 Å². The zero-order chi connectivity index (χ0) is 24.4. The number of ether oxygens (including phenoxy) is 2. The van der Waals surface area contributed by atoms with Gasteiger partial charge in [-0.1, -0.05) is 23.2 Å². The maximum absolute atomic E-state index is 13.2. The molecule has 174 valence electrons. The van der Waals surface area contributed by atoms with Crippen molar-refractivity contribution in [2.24, 2.45) is 0 Å². The molecule has 3 heterocycles. The molecule has 0 bridgehead atoms. The zero-order valence-electron chi connectivity index (χ0n) is 18.2. The first-order valence-electron chi connectivity index (χ1n) is 10.1. The smallest absolute Gasteiger partial charge is 0.295 e. The molecule has 1 unspecified atom stereocenters. The minimum atomic E-state index is -0.888. The van der Waals surface area contributed by atoms with Gasteiger partial charge in [0.15, 0.2) is 11.5 Å². The molecule has 1 aliphatic heterocycles. The number of nitrogens with zero attached hydrogens (tertiary/aromatic N) is 3. The van der Waals surface area contributed by atoms with Gasteiger partial charge < -0.3 is 19.5 Å². The number of likely N-dealkylation sites (tertiary alicyclic amines) is 1. The number of aliphatic hydroxyl groups is 1. The number of methoxy groups -OCH3 is 2. The Balaban J connectivity index is 1.93. The number of Topliss-reactive ketones (excluding diaryl/α,β-unsaturated/α-hetero) is 1. The van der Waals surface area contributed by atoms with Crippen LogP contribution in [0.15, 0.2) is 60.7 Å². The Bertz CT molecular complexity index is 1280. The molecule has 1 atom stereocenters. The average molecular weight is 500 g/mol. The number of hydrogen-bond acceptors (Lipinski definition) is 7. The van der Waals surface area contributed by atoms with E-state index in [-0.39, 0.29) is 39.2 Å². The molecule has 1 fully saturated rings. The molecule has 2 aromatic heterocycles. The van der Waals surface area contributed by atoms with Crippen molar-refractivity contribution >= 4 is 40.7 Å². The molecule has 1 amide bonds. The second-order valence-corrected chi connectivity index (χ2v) is 8.13. The number of hydrogen-bond donors (Lipinski definition) is 1. The van der Waals surface area contributed by atoms with Gasteiger partial charge in [-0.2, -0.15) is 0 Å². The lowest BCUT2D eigenvalue weighted by Crippen LogP contribution is -2.29. The van der Waals surface area contributed by atoms with E-state index >= 15 is 0 Å². The summed E-state index contributed by atoms with van der Waals surface area (Å²) in [5, 5.41) is 11.5. The van der Waals surface area contributed by atoms with Crippen LogP contribution in [0.1, 0.15) is 22.7 Å². The number of amides is 1. The number of benzene rings is 1. The van der Waals surface area contributed by atoms with Crippen LogP contribution in [0.5, 0.6) is 11.5 Å². The summed E-state index contributed by atoms with van der Waals surface area (Å²) in [7, 11) is 2.74. The second kappa shape index (κ2) is 9.70. The van der Waals surface area contributed by atoms with Crippen molar-refractivity contribution in [1.82, 2.24) is 14.9 Å². The molecular formula is C24H19Cl2N3O5. The van der Waals surface area contributed by atoms with Crippen molar-refractivity contribution in [2.45, 2.75) is 12.6 Å². The first-order chi connectivity index (χ1) is 16.4. The molecule has 10 heteroatoms. The maximum atomic E-state index is 13.2. The van der Waals surface area contributed by atoms with Crippen molar-refractivity contribution < 1.29 is 24.2 Å². The summed E-state index contributed by atoms with van der Waals surface area (Å²) in [5.41, 5.74) is 1.29. The van der Waals surface area contributed by atoms with E-state index in [4.69, 9.17) is 32.7 Å². The monoisotopic (exact) mass is 499 g/mol. The van der Waals surface area contributed by atoms with Gasteiger partial charge in [-0.15, -0.1) is 0 Å². The molecule has 8 nitrogen and oxygen atoms in total. The highest BCUT2D eigenvalue weighted by Crippen LogP contribution is 2.47. The fourth-order valence-corrected chi connectivity index (χ4v) is 4.60. The molecule has 3 aromatic rings. The summed E-state index contributed by atoms with van der Waals surface area (Å²) in [6.45, 7) is 0.123. The lowest BCUT2D eigenvalue weighted by Gasteiger charge is -2.25. The van der Waals surface area contributed by atoms with Gasteiger partial charge in [0.1, 0.15) is 10.8 Å². The summed E-state index contributed by atoms with van der Waals surface area (Å²) in [5.74, 6) is -1.88. The van der Waals surface area contributed by atoms with Crippen LogP contribution in [0.3, 0.4) is 0 Å². The SMILES string of the molecule is COc1c(Cl)cc(/C(O)=C2\C(=O)C(=O)N(Cc3ccncc3)C2c2ccncc2)c(OC)c1Cl. The highest BCUT2D eigenvalue weighted by Gasteiger charge is 2.46. The van der Waals surface area contributed by atoms with Crippen LogP contribution in [0.2, 0.25) is 10.0 Å². The molecule has 1 saturated heterocycles. The van der Waals surface area contributed by atoms with Gasteiger partial charge in [-0.05, 0) is 41.5 Å². The maximum Gasteiger partial charge on any atom is 0.295 e. The molecular weight excluding hydrogens is 481 g/mol. The van der Waals surface area contributed by atoms with Crippen LogP contribution in [0, 0.1) is 0 Å². The van der Waals surface area contributed by atoms with Gasteiger partial charge >= 0.3 is 0 Å². The number of aliphatic hydroxyl groups excluding tert-OH is 1. The number of carbonyl (C=O) groups is 2. The fraction of sp³-hybridized carbons (Fsp3) is 0.167. The summed E-state index contributed by atoms with van der Waals surface area (Å²) in [6, 6.07) is 7.33. The Hall–Kier alpha value is -3.62. The topological polar surface area (TPSA) is 102 Å². The lowest BCUT2D eigenvalue weighted by atomic mass is 9.95. The highest BCUT2D eigenvalue weighted by molar-refractivity contribution is 6.47. The van der Waals surface area contributed by atoms with E-state index in [1.54, 1.807) is 49.1 Å².